The summed E-state index contributed by atoms with van der Waals surface area (Å²) in [6.45, 7) is 1.13. The minimum atomic E-state index is -2.99. The fraction of sp³-hybridized carbons (Fsp3) is 0.462. The van der Waals surface area contributed by atoms with Gasteiger partial charge >= 0.3 is 0 Å². The summed E-state index contributed by atoms with van der Waals surface area (Å²) in [5.74, 6) is -3.14. The third-order valence-electron chi connectivity index (χ3n) is 3.35. The summed E-state index contributed by atoms with van der Waals surface area (Å²) in [5, 5.41) is 3.69. The fourth-order valence-electron chi connectivity index (χ4n) is 2.34. The number of carbonyl (C=O) groups excluding carboxylic acids is 1. The van der Waals surface area contributed by atoms with Gasteiger partial charge in [0, 0.05) is 12.8 Å². The van der Waals surface area contributed by atoms with Crippen molar-refractivity contribution in [1.29, 1.82) is 0 Å². The lowest BCUT2D eigenvalue weighted by Crippen LogP contribution is -2.32. The Hall–Kier alpha value is -2.25. The average Bonchev–Trinajstić information content (AvgIpc) is 3.16. The molecular weight excluding hydrogens is 284 g/mol. The van der Waals surface area contributed by atoms with Crippen molar-refractivity contribution in [1.82, 2.24) is 15.0 Å². The zero-order chi connectivity index (χ0) is 15.0. The van der Waals surface area contributed by atoms with Crippen molar-refractivity contribution >= 4 is 5.91 Å². The van der Waals surface area contributed by atoms with Gasteiger partial charge in [-0.05, 0) is 12.1 Å². The van der Waals surface area contributed by atoms with E-state index in [1.807, 2.05) is 6.92 Å². The van der Waals surface area contributed by atoms with E-state index in [4.69, 9.17) is 8.94 Å². The molecule has 0 radical (unpaired) electrons. The van der Waals surface area contributed by atoms with Crippen LogP contribution in [0.25, 0.3) is 0 Å². The van der Waals surface area contributed by atoms with Gasteiger partial charge < -0.3 is 13.8 Å². The molecule has 2 aromatic rings. The Morgan fingerprint density at radius 1 is 1.57 bits per heavy atom. The molecule has 112 valence electrons. The predicted octanol–water partition coefficient (Wildman–Crippen LogP) is 2.45. The van der Waals surface area contributed by atoms with Gasteiger partial charge in [0.2, 0.25) is 5.89 Å². The van der Waals surface area contributed by atoms with Crippen LogP contribution in [0, 0.1) is 0 Å². The molecule has 21 heavy (non-hydrogen) atoms. The molecule has 3 rings (SSSR count). The number of furan rings is 1. The number of nitrogens with zero attached hydrogens (tertiary/aromatic N) is 3. The summed E-state index contributed by atoms with van der Waals surface area (Å²) in [4.78, 5) is 17.3. The van der Waals surface area contributed by atoms with Gasteiger partial charge in [-0.3, -0.25) is 4.79 Å². The Labute approximate surface area is 118 Å². The van der Waals surface area contributed by atoms with Crippen LogP contribution in [0.3, 0.4) is 0 Å². The Morgan fingerprint density at radius 3 is 3.00 bits per heavy atom. The first kappa shape index (κ1) is 13.7. The Kier molecular flexibility index (Phi) is 3.23. The molecule has 1 aliphatic rings. The molecule has 0 aliphatic carbocycles. The van der Waals surface area contributed by atoms with Gasteiger partial charge in [-0.15, -0.1) is 0 Å². The van der Waals surface area contributed by atoms with E-state index in [1.54, 1.807) is 0 Å². The molecule has 1 aliphatic heterocycles. The molecule has 0 N–H and O–H groups in total. The first-order valence-electron chi connectivity index (χ1n) is 6.55. The standard InChI is InChI=1S/C13H13F2N3O3/c1-2-10-16-11(21-17-10)8-6-13(14,15)7-18(8)12(19)9-4-3-5-20-9/h3-5,8H,2,6-7H2,1H3/t8-/m0/s1. The van der Waals surface area contributed by atoms with Crippen LogP contribution < -0.4 is 0 Å². The van der Waals surface area contributed by atoms with Gasteiger partial charge in [-0.1, -0.05) is 12.1 Å². The van der Waals surface area contributed by atoms with Crippen molar-refractivity contribution in [2.24, 2.45) is 0 Å². The zero-order valence-corrected chi connectivity index (χ0v) is 11.3. The molecule has 2 aromatic heterocycles. The lowest BCUT2D eigenvalue weighted by molar-refractivity contribution is 0.0113. The summed E-state index contributed by atoms with van der Waals surface area (Å²) in [6, 6.07) is 2.02. The topological polar surface area (TPSA) is 72.4 Å². The smallest absolute Gasteiger partial charge is 0.290 e. The number of aromatic nitrogens is 2. The monoisotopic (exact) mass is 297 g/mol. The molecule has 1 saturated heterocycles. The summed E-state index contributed by atoms with van der Waals surface area (Å²) in [7, 11) is 0. The second kappa shape index (κ2) is 4.94. The van der Waals surface area contributed by atoms with E-state index in [2.05, 4.69) is 10.1 Å². The average molecular weight is 297 g/mol. The maximum atomic E-state index is 13.7. The number of alkyl halides is 2. The van der Waals surface area contributed by atoms with E-state index < -0.39 is 30.8 Å². The first-order chi connectivity index (χ1) is 10.00. The van der Waals surface area contributed by atoms with E-state index in [0.717, 1.165) is 4.90 Å². The summed E-state index contributed by atoms with van der Waals surface area (Å²) < 4.78 is 37.4. The van der Waals surface area contributed by atoms with Crippen molar-refractivity contribution in [3.8, 4) is 0 Å². The van der Waals surface area contributed by atoms with Gasteiger partial charge in [0.05, 0.1) is 12.8 Å². The molecule has 1 atom stereocenters. The van der Waals surface area contributed by atoms with Crippen molar-refractivity contribution in [3.05, 3.63) is 35.9 Å². The largest absolute Gasteiger partial charge is 0.459 e. The number of hydrogen-bond donors (Lipinski definition) is 0. The highest BCUT2D eigenvalue weighted by molar-refractivity contribution is 5.92. The lowest BCUT2D eigenvalue weighted by Gasteiger charge is -2.19. The van der Waals surface area contributed by atoms with Crippen LogP contribution >= 0.6 is 0 Å². The van der Waals surface area contributed by atoms with Crippen LogP contribution in [0.5, 0.6) is 0 Å². The summed E-state index contributed by atoms with van der Waals surface area (Å²) >= 11 is 0. The van der Waals surface area contributed by atoms with E-state index in [1.165, 1.54) is 18.4 Å². The second-order valence-corrected chi connectivity index (χ2v) is 4.89. The van der Waals surface area contributed by atoms with Crippen molar-refractivity contribution < 1.29 is 22.5 Å². The van der Waals surface area contributed by atoms with Gasteiger partial charge in [-0.25, -0.2) is 8.78 Å². The number of amides is 1. The van der Waals surface area contributed by atoms with E-state index in [0.29, 0.717) is 12.2 Å². The minimum absolute atomic E-state index is 0.00734. The van der Waals surface area contributed by atoms with E-state index >= 15 is 0 Å². The maximum Gasteiger partial charge on any atom is 0.290 e. The van der Waals surface area contributed by atoms with Gasteiger partial charge in [-0.2, -0.15) is 4.98 Å². The normalized spacial score (nSPS) is 20.9. The molecule has 3 heterocycles. The molecule has 6 nitrogen and oxygen atoms in total. The number of aryl methyl sites for hydroxylation is 1. The zero-order valence-electron chi connectivity index (χ0n) is 11.3. The highest BCUT2D eigenvalue weighted by atomic mass is 19.3. The number of halogens is 2. The Bertz CT molecular complexity index is 639. The molecule has 0 unspecified atom stereocenters. The van der Waals surface area contributed by atoms with E-state index in [-0.39, 0.29) is 11.7 Å². The Morgan fingerprint density at radius 2 is 2.38 bits per heavy atom. The van der Waals surface area contributed by atoms with Crippen LogP contribution in [0.2, 0.25) is 0 Å². The lowest BCUT2D eigenvalue weighted by atomic mass is 10.2. The number of carbonyl (C=O) groups is 1. The minimum Gasteiger partial charge on any atom is -0.459 e. The molecule has 0 bridgehead atoms. The van der Waals surface area contributed by atoms with Gasteiger partial charge in [0.1, 0.15) is 6.04 Å². The number of hydrogen-bond acceptors (Lipinski definition) is 5. The molecule has 1 amide bonds. The van der Waals surface area contributed by atoms with Gasteiger partial charge in [0.25, 0.3) is 11.8 Å². The van der Waals surface area contributed by atoms with Crippen LogP contribution in [-0.4, -0.2) is 33.4 Å². The van der Waals surface area contributed by atoms with Crippen LogP contribution in [0.4, 0.5) is 8.78 Å². The number of likely N-dealkylation sites (tertiary alicyclic amines) is 1. The third-order valence-corrected chi connectivity index (χ3v) is 3.35. The highest BCUT2D eigenvalue weighted by Gasteiger charge is 2.50. The molecule has 8 heteroatoms. The second-order valence-electron chi connectivity index (χ2n) is 4.89. The molecule has 0 aromatic carbocycles. The fourth-order valence-corrected chi connectivity index (χ4v) is 2.34. The molecule has 0 spiro atoms. The van der Waals surface area contributed by atoms with Crippen LogP contribution in [-0.2, 0) is 6.42 Å². The summed E-state index contributed by atoms with van der Waals surface area (Å²) in [6.07, 6.45) is 1.31. The first-order valence-corrected chi connectivity index (χ1v) is 6.55. The summed E-state index contributed by atoms with van der Waals surface area (Å²) in [5.41, 5.74) is 0. The van der Waals surface area contributed by atoms with Crippen LogP contribution in [0.1, 0.15) is 41.7 Å². The highest BCUT2D eigenvalue weighted by Crippen LogP contribution is 2.41. The molecule has 0 saturated carbocycles. The van der Waals surface area contributed by atoms with Crippen LogP contribution in [0.15, 0.2) is 27.3 Å². The quantitative estimate of drug-likeness (QED) is 0.870. The SMILES string of the molecule is CCc1noc([C@@H]2CC(F)(F)CN2C(=O)c2ccco2)n1. The van der Waals surface area contributed by atoms with Crippen molar-refractivity contribution in [3.63, 3.8) is 0 Å². The number of rotatable bonds is 3. The van der Waals surface area contributed by atoms with Crippen molar-refractivity contribution in [2.75, 3.05) is 6.54 Å². The van der Waals surface area contributed by atoms with Gasteiger partial charge in [0.15, 0.2) is 11.6 Å². The molecule has 1 fully saturated rings. The Balaban J connectivity index is 1.91. The maximum absolute atomic E-state index is 13.7. The third kappa shape index (κ3) is 2.53. The van der Waals surface area contributed by atoms with E-state index in [9.17, 15) is 13.6 Å². The predicted molar refractivity (Wildman–Crippen MR) is 65.7 cm³/mol. The van der Waals surface area contributed by atoms with Crippen molar-refractivity contribution in [2.45, 2.75) is 31.7 Å². The molecular formula is C13H13F2N3O3.